The first-order valence-corrected chi connectivity index (χ1v) is 5.06. The maximum atomic E-state index is 5.97. The highest BCUT2D eigenvalue weighted by molar-refractivity contribution is 6.31. The van der Waals surface area contributed by atoms with Crippen molar-refractivity contribution in [2.75, 3.05) is 0 Å². The number of rotatable bonds is 4. The summed E-state index contributed by atoms with van der Waals surface area (Å²) in [6.45, 7) is 4.47. The normalized spacial score (nSPS) is 12.6. The summed E-state index contributed by atoms with van der Waals surface area (Å²) in [7, 11) is 0. The first-order chi connectivity index (χ1) is 6.67. The van der Waals surface area contributed by atoms with E-state index in [-0.39, 0.29) is 6.10 Å². The Bertz CT molecular complexity index is 304. The minimum Gasteiger partial charge on any atom is -0.474 e. The lowest BCUT2D eigenvalue weighted by molar-refractivity contribution is 0.208. The van der Waals surface area contributed by atoms with Crippen LogP contribution in [0, 0.1) is 0 Å². The van der Waals surface area contributed by atoms with E-state index in [9.17, 15) is 0 Å². The second-order valence-corrected chi connectivity index (χ2v) is 3.58. The van der Waals surface area contributed by atoms with Crippen molar-refractivity contribution >= 4 is 11.6 Å². The van der Waals surface area contributed by atoms with Crippen LogP contribution in [-0.4, -0.2) is 11.1 Å². The van der Waals surface area contributed by atoms with E-state index in [0.29, 0.717) is 17.4 Å². The highest BCUT2D eigenvalue weighted by Crippen LogP contribution is 2.23. The molecular formula is C10H15ClN2O. The molecule has 0 saturated carbocycles. The van der Waals surface area contributed by atoms with Crippen LogP contribution < -0.4 is 10.5 Å². The number of halogens is 1. The first kappa shape index (κ1) is 11.3. The molecular weight excluding hydrogens is 200 g/mol. The molecule has 1 unspecified atom stereocenters. The van der Waals surface area contributed by atoms with Gasteiger partial charge in [-0.15, -0.1) is 0 Å². The van der Waals surface area contributed by atoms with Crippen molar-refractivity contribution < 1.29 is 4.74 Å². The van der Waals surface area contributed by atoms with E-state index in [1.807, 2.05) is 13.8 Å². The van der Waals surface area contributed by atoms with E-state index in [2.05, 4.69) is 4.98 Å². The number of aromatic nitrogens is 1. The molecule has 1 heterocycles. The van der Waals surface area contributed by atoms with E-state index < -0.39 is 0 Å². The van der Waals surface area contributed by atoms with E-state index in [1.165, 1.54) is 0 Å². The van der Waals surface area contributed by atoms with Crippen LogP contribution in [-0.2, 0) is 6.54 Å². The zero-order valence-corrected chi connectivity index (χ0v) is 9.21. The molecule has 0 aromatic carbocycles. The smallest absolute Gasteiger partial charge is 0.232 e. The van der Waals surface area contributed by atoms with Gasteiger partial charge in [0.15, 0.2) is 0 Å². The molecule has 1 atom stereocenters. The molecule has 78 valence electrons. The third-order valence-electron chi connectivity index (χ3n) is 1.99. The highest BCUT2D eigenvalue weighted by atomic mass is 35.5. The predicted octanol–water partition coefficient (Wildman–Crippen LogP) is 2.37. The largest absolute Gasteiger partial charge is 0.474 e. The summed E-state index contributed by atoms with van der Waals surface area (Å²) in [6, 6.07) is 1.78. The van der Waals surface area contributed by atoms with Gasteiger partial charge < -0.3 is 10.5 Å². The Morgan fingerprint density at radius 2 is 2.36 bits per heavy atom. The fourth-order valence-corrected chi connectivity index (χ4v) is 1.17. The van der Waals surface area contributed by atoms with E-state index in [4.69, 9.17) is 22.1 Å². The summed E-state index contributed by atoms with van der Waals surface area (Å²) in [5, 5.41) is 0.522. The molecule has 0 radical (unpaired) electrons. The van der Waals surface area contributed by atoms with Crippen molar-refractivity contribution in [3.05, 3.63) is 22.8 Å². The molecule has 1 aromatic heterocycles. The molecule has 4 heteroatoms. The van der Waals surface area contributed by atoms with E-state index in [0.717, 1.165) is 12.0 Å². The van der Waals surface area contributed by atoms with Gasteiger partial charge in [-0.3, -0.25) is 0 Å². The minimum atomic E-state index is 0.128. The van der Waals surface area contributed by atoms with Gasteiger partial charge in [0.1, 0.15) is 5.02 Å². The third-order valence-corrected chi connectivity index (χ3v) is 2.26. The molecule has 3 nitrogen and oxygen atoms in total. The number of nitrogens with two attached hydrogens (primary N) is 1. The van der Waals surface area contributed by atoms with Gasteiger partial charge in [-0.05, 0) is 25.0 Å². The summed E-state index contributed by atoms with van der Waals surface area (Å²) in [4.78, 5) is 4.10. The van der Waals surface area contributed by atoms with Gasteiger partial charge in [0.2, 0.25) is 5.88 Å². The Hall–Kier alpha value is -0.800. The van der Waals surface area contributed by atoms with Crippen LogP contribution >= 0.6 is 11.6 Å². The molecule has 0 bridgehead atoms. The molecule has 14 heavy (non-hydrogen) atoms. The van der Waals surface area contributed by atoms with Crippen LogP contribution in [0.5, 0.6) is 5.88 Å². The van der Waals surface area contributed by atoms with Crippen LogP contribution in [0.2, 0.25) is 5.02 Å². The Morgan fingerprint density at radius 3 is 2.86 bits per heavy atom. The molecule has 1 rings (SSSR count). The number of hydrogen-bond donors (Lipinski definition) is 1. The number of hydrogen-bond acceptors (Lipinski definition) is 3. The van der Waals surface area contributed by atoms with Crippen molar-refractivity contribution in [3.8, 4) is 5.88 Å². The molecule has 0 fully saturated rings. The maximum absolute atomic E-state index is 5.97. The lowest BCUT2D eigenvalue weighted by Crippen LogP contribution is -2.11. The Labute approximate surface area is 89.2 Å². The van der Waals surface area contributed by atoms with Gasteiger partial charge in [0.25, 0.3) is 0 Å². The van der Waals surface area contributed by atoms with Crippen LogP contribution in [0.1, 0.15) is 25.8 Å². The van der Waals surface area contributed by atoms with E-state index in [1.54, 1.807) is 12.3 Å². The second-order valence-electron chi connectivity index (χ2n) is 3.17. The summed E-state index contributed by atoms with van der Waals surface area (Å²) in [5.41, 5.74) is 6.37. The molecule has 0 saturated heterocycles. The van der Waals surface area contributed by atoms with Crippen LogP contribution in [0.4, 0.5) is 0 Å². The SMILES string of the molecule is CCC(C)Oc1ncc(CN)cc1Cl. The van der Waals surface area contributed by atoms with Crippen molar-refractivity contribution in [2.24, 2.45) is 5.73 Å². The highest BCUT2D eigenvalue weighted by Gasteiger charge is 2.07. The number of pyridine rings is 1. The van der Waals surface area contributed by atoms with Crippen molar-refractivity contribution in [3.63, 3.8) is 0 Å². The molecule has 0 amide bonds. The minimum absolute atomic E-state index is 0.128. The fourth-order valence-electron chi connectivity index (χ4n) is 0.937. The zero-order chi connectivity index (χ0) is 10.6. The summed E-state index contributed by atoms with van der Waals surface area (Å²) in [5.74, 6) is 0.484. The molecule has 0 aliphatic rings. The molecule has 1 aromatic rings. The molecule has 2 N–H and O–H groups in total. The molecule has 0 aliphatic heterocycles. The number of ether oxygens (including phenoxy) is 1. The lowest BCUT2D eigenvalue weighted by atomic mass is 10.3. The van der Waals surface area contributed by atoms with Crippen molar-refractivity contribution in [1.29, 1.82) is 0 Å². The van der Waals surface area contributed by atoms with Gasteiger partial charge in [-0.1, -0.05) is 18.5 Å². The van der Waals surface area contributed by atoms with Gasteiger partial charge in [-0.2, -0.15) is 0 Å². The van der Waals surface area contributed by atoms with Gasteiger partial charge >= 0.3 is 0 Å². The average molecular weight is 215 g/mol. The maximum Gasteiger partial charge on any atom is 0.232 e. The van der Waals surface area contributed by atoms with Crippen molar-refractivity contribution in [1.82, 2.24) is 4.98 Å². The third kappa shape index (κ3) is 2.86. The van der Waals surface area contributed by atoms with Crippen LogP contribution in [0.3, 0.4) is 0 Å². The van der Waals surface area contributed by atoms with Crippen LogP contribution in [0.15, 0.2) is 12.3 Å². The lowest BCUT2D eigenvalue weighted by Gasteiger charge is -2.12. The van der Waals surface area contributed by atoms with Crippen molar-refractivity contribution in [2.45, 2.75) is 32.9 Å². The predicted molar refractivity (Wildman–Crippen MR) is 57.5 cm³/mol. The fraction of sp³-hybridized carbons (Fsp3) is 0.500. The molecule has 0 aliphatic carbocycles. The summed E-state index contributed by atoms with van der Waals surface area (Å²) < 4.78 is 5.51. The Morgan fingerprint density at radius 1 is 1.64 bits per heavy atom. The summed E-state index contributed by atoms with van der Waals surface area (Å²) >= 11 is 5.97. The first-order valence-electron chi connectivity index (χ1n) is 4.68. The quantitative estimate of drug-likeness (QED) is 0.837. The van der Waals surface area contributed by atoms with Gasteiger partial charge in [0, 0.05) is 12.7 Å². The van der Waals surface area contributed by atoms with Gasteiger partial charge in [0.05, 0.1) is 6.10 Å². The average Bonchev–Trinajstić information content (AvgIpc) is 2.20. The molecule has 0 spiro atoms. The monoisotopic (exact) mass is 214 g/mol. The number of nitrogens with zero attached hydrogens (tertiary/aromatic N) is 1. The standard InChI is InChI=1S/C10H15ClN2O/c1-3-7(2)14-10-9(11)4-8(5-12)6-13-10/h4,6-7H,3,5,12H2,1-2H3. The zero-order valence-electron chi connectivity index (χ0n) is 8.46. The van der Waals surface area contributed by atoms with Crippen LogP contribution in [0.25, 0.3) is 0 Å². The summed E-state index contributed by atoms with van der Waals surface area (Å²) in [6.07, 6.45) is 2.74. The Balaban J connectivity index is 2.78. The van der Waals surface area contributed by atoms with Gasteiger partial charge in [-0.25, -0.2) is 4.98 Å². The Kier molecular flexibility index (Phi) is 4.17. The topological polar surface area (TPSA) is 48.1 Å². The van der Waals surface area contributed by atoms with E-state index >= 15 is 0 Å². The second kappa shape index (κ2) is 5.17.